The lowest BCUT2D eigenvalue weighted by Gasteiger charge is -2.41. The number of anilines is 1. The predicted molar refractivity (Wildman–Crippen MR) is 68.7 cm³/mol. The molecule has 2 rings (SSSR count). The fourth-order valence-corrected chi connectivity index (χ4v) is 2.28. The second-order valence-electron chi connectivity index (χ2n) is 4.70. The Balaban J connectivity index is 2.03. The van der Waals surface area contributed by atoms with Crippen LogP contribution < -0.4 is 5.32 Å². The maximum Gasteiger partial charge on any atom is 0.407 e. The first kappa shape index (κ1) is 12.7. The number of rotatable bonds is 3. The van der Waals surface area contributed by atoms with E-state index in [-0.39, 0.29) is 6.61 Å². The third-order valence-electron chi connectivity index (χ3n) is 3.48. The normalized spacial score (nSPS) is 18.4. The zero-order valence-corrected chi connectivity index (χ0v) is 10.2. The standard InChI is InChI=1S/C13H18N2O3/c16-10-13(14-11-4-2-1-3-5-11)6-8-15(9-7-13)12(17)18/h1-5,14,16H,6-10H2,(H,17,18). The first-order valence-corrected chi connectivity index (χ1v) is 6.07. The van der Waals surface area contributed by atoms with Gasteiger partial charge in [-0.05, 0) is 25.0 Å². The van der Waals surface area contributed by atoms with Gasteiger partial charge in [-0.1, -0.05) is 18.2 Å². The number of aliphatic hydroxyl groups excluding tert-OH is 1. The summed E-state index contributed by atoms with van der Waals surface area (Å²) in [5.41, 5.74) is 0.545. The fraction of sp³-hybridized carbons (Fsp3) is 0.462. The Kier molecular flexibility index (Phi) is 3.72. The minimum atomic E-state index is -0.888. The summed E-state index contributed by atoms with van der Waals surface area (Å²) in [4.78, 5) is 12.2. The molecule has 1 heterocycles. The molecule has 1 aromatic rings. The van der Waals surface area contributed by atoms with E-state index in [0.717, 1.165) is 5.69 Å². The molecule has 1 saturated heterocycles. The molecular weight excluding hydrogens is 232 g/mol. The number of carbonyl (C=O) groups is 1. The Bertz CT molecular complexity index is 400. The van der Waals surface area contributed by atoms with E-state index >= 15 is 0 Å². The minimum absolute atomic E-state index is 0.00928. The van der Waals surface area contributed by atoms with E-state index in [4.69, 9.17) is 5.11 Å². The summed E-state index contributed by atoms with van der Waals surface area (Å²) in [6.07, 6.45) is 0.344. The van der Waals surface area contributed by atoms with Crippen LogP contribution in [0.5, 0.6) is 0 Å². The molecule has 5 heteroatoms. The Morgan fingerprint density at radius 3 is 2.39 bits per heavy atom. The van der Waals surface area contributed by atoms with E-state index in [2.05, 4.69) is 5.32 Å². The first-order valence-electron chi connectivity index (χ1n) is 6.07. The number of hydrogen-bond donors (Lipinski definition) is 3. The van der Waals surface area contributed by atoms with E-state index in [1.165, 1.54) is 4.90 Å². The van der Waals surface area contributed by atoms with Crippen LogP contribution in [0, 0.1) is 0 Å². The molecule has 1 amide bonds. The zero-order valence-electron chi connectivity index (χ0n) is 10.2. The molecule has 0 radical (unpaired) electrons. The average molecular weight is 250 g/mol. The van der Waals surface area contributed by atoms with E-state index in [1.807, 2.05) is 30.3 Å². The summed E-state index contributed by atoms with van der Waals surface area (Å²) >= 11 is 0. The molecule has 1 aliphatic heterocycles. The van der Waals surface area contributed by atoms with Crippen molar-refractivity contribution in [2.45, 2.75) is 18.4 Å². The molecule has 0 saturated carbocycles. The maximum absolute atomic E-state index is 10.9. The number of nitrogens with one attached hydrogen (secondary N) is 1. The highest BCUT2D eigenvalue weighted by atomic mass is 16.4. The number of benzene rings is 1. The van der Waals surface area contributed by atoms with Gasteiger partial charge in [0.2, 0.25) is 0 Å². The molecule has 1 aromatic carbocycles. The fourth-order valence-electron chi connectivity index (χ4n) is 2.28. The van der Waals surface area contributed by atoms with Gasteiger partial charge in [0, 0.05) is 18.8 Å². The molecule has 0 aromatic heterocycles. The van der Waals surface area contributed by atoms with Crippen molar-refractivity contribution in [3.8, 4) is 0 Å². The van der Waals surface area contributed by atoms with Crippen LogP contribution in [0.3, 0.4) is 0 Å². The first-order chi connectivity index (χ1) is 8.65. The largest absolute Gasteiger partial charge is 0.465 e. The number of para-hydroxylation sites is 1. The van der Waals surface area contributed by atoms with Crippen molar-refractivity contribution >= 4 is 11.8 Å². The number of amides is 1. The van der Waals surface area contributed by atoms with Gasteiger partial charge in [0.15, 0.2) is 0 Å². The Morgan fingerprint density at radius 1 is 1.28 bits per heavy atom. The minimum Gasteiger partial charge on any atom is -0.465 e. The number of carboxylic acid groups (broad SMARTS) is 1. The topological polar surface area (TPSA) is 72.8 Å². The number of aliphatic hydroxyl groups is 1. The van der Waals surface area contributed by atoms with E-state index in [9.17, 15) is 9.90 Å². The molecule has 18 heavy (non-hydrogen) atoms. The van der Waals surface area contributed by atoms with Gasteiger partial charge >= 0.3 is 6.09 Å². The van der Waals surface area contributed by atoms with Crippen LogP contribution >= 0.6 is 0 Å². The Hall–Kier alpha value is -1.75. The van der Waals surface area contributed by atoms with Crippen molar-refractivity contribution in [2.24, 2.45) is 0 Å². The lowest BCUT2D eigenvalue weighted by Crippen LogP contribution is -2.52. The Morgan fingerprint density at radius 2 is 1.89 bits per heavy atom. The van der Waals surface area contributed by atoms with Crippen LogP contribution in [-0.4, -0.2) is 46.4 Å². The van der Waals surface area contributed by atoms with Crippen LogP contribution in [0.1, 0.15) is 12.8 Å². The van der Waals surface area contributed by atoms with Gasteiger partial charge in [0.25, 0.3) is 0 Å². The van der Waals surface area contributed by atoms with Gasteiger partial charge in [0.1, 0.15) is 0 Å². The summed E-state index contributed by atoms with van der Waals surface area (Å²) in [5, 5.41) is 21.8. The summed E-state index contributed by atoms with van der Waals surface area (Å²) in [6.45, 7) is 0.917. The van der Waals surface area contributed by atoms with Gasteiger partial charge in [-0.2, -0.15) is 0 Å². The SMILES string of the molecule is O=C(O)N1CCC(CO)(Nc2ccccc2)CC1. The van der Waals surface area contributed by atoms with Gasteiger partial charge in [-0.3, -0.25) is 0 Å². The quantitative estimate of drug-likeness (QED) is 0.762. The van der Waals surface area contributed by atoms with Crippen molar-refractivity contribution in [2.75, 3.05) is 25.0 Å². The van der Waals surface area contributed by atoms with Crippen LogP contribution in [0.2, 0.25) is 0 Å². The third-order valence-corrected chi connectivity index (χ3v) is 3.48. The van der Waals surface area contributed by atoms with Crippen molar-refractivity contribution in [1.29, 1.82) is 0 Å². The molecule has 0 aliphatic carbocycles. The lowest BCUT2D eigenvalue weighted by molar-refractivity contribution is 0.101. The summed E-state index contributed by atoms with van der Waals surface area (Å²) in [6, 6.07) is 9.69. The van der Waals surface area contributed by atoms with Crippen molar-refractivity contribution in [3.63, 3.8) is 0 Å². The second-order valence-corrected chi connectivity index (χ2v) is 4.70. The third kappa shape index (κ3) is 2.73. The predicted octanol–water partition coefficient (Wildman–Crippen LogP) is 1.60. The van der Waals surface area contributed by atoms with Gasteiger partial charge in [-0.25, -0.2) is 4.79 Å². The molecule has 98 valence electrons. The molecular formula is C13H18N2O3. The van der Waals surface area contributed by atoms with E-state index in [0.29, 0.717) is 25.9 Å². The van der Waals surface area contributed by atoms with E-state index in [1.54, 1.807) is 0 Å². The molecule has 0 spiro atoms. The molecule has 3 N–H and O–H groups in total. The molecule has 0 atom stereocenters. The number of hydrogen-bond acceptors (Lipinski definition) is 3. The van der Waals surface area contributed by atoms with Crippen molar-refractivity contribution in [1.82, 2.24) is 4.90 Å². The average Bonchev–Trinajstić information content (AvgIpc) is 2.40. The lowest BCUT2D eigenvalue weighted by atomic mass is 9.88. The summed E-state index contributed by atoms with van der Waals surface area (Å²) in [7, 11) is 0. The number of piperidine rings is 1. The van der Waals surface area contributed by atoms with Gasteiger partial charge < -0.3 is 20.4 Å². The highest BCUT2D eigenvalue weighted by molar-refractivity contribution is 5.65. The molecule has 5 nitrogen and oxygen atoms in total. The highest BCUT2D eigenvalue weighted by Gasteiger charge is 2.35. The second kappa shape index (κ2) is 5.27. The van der Waals surface area contributed by atoms with E-state index < -0.39 is 11.6 Å². The van der Waals surface area contributed by atoms with Crippen LogP contribution in [-0.2, 0) is 0 Å². The summed E-state index contributed by atoms with van der Waals surface area (Å²) < 4.78 is 0. The van der Waals surface area contributed by atoms with Crippen LogP contribution in [0.15, 0.2) is 30.3 Å². The highest BCUT2D eigenvalue weighted by Crippen LogP contribution is 2.26. The maximum atomic E-state index is 10.9. The molecule has 1 aliphatic rings. The monoisotopic (exact) mass is 250 g/mol. The zero-order chi connectivity index (χ0) is 13.0. The molecule has 0 bridgehead atoms. The number of nitrogens with zero attached hydrogens (tertiary/aromatic N) is 1. The molecule has 0 unspecified atom stereocenters. The smallest absolute Gasteiger partial charge is 0.407 e. The Labute approximate surface area is 106 Å². The van der Waals surface area contributed by atoms with Gasteiger partial charge in [0.05, 0.1) is 12.1 Å². The van der Waals surface area contributed by atoms with Crippen molar-refractivity contribution < 1.29 is 15.0 Å². The number of likely N-dealkylation sites (tertiary alicyclic amines) is 1. The molecule has 1 fully saturated rings. The van der Waals surface area contributed by atoms with Gasteiger partial charge in [-0.15, -0.1) is 0 Å². The van der Waals surface area contributed by atoms with Crippen LogP contribution in [0.4, 0.5) is 10.5 Å². The summed E-state index contributed by atoms with van der Waals surface area (Å²) in [5.74, 6) is 0. The van der Waals surface area contributed by atoms with Crippen molar-refractivity contribution in [3.05, 3.63) is 30.3 Å². The van der Waals surface area contributed by atoms with Crippen LogP contribution in [0.25, 0.3) is 0 Å².